The van der Waals surface area contributed by atoms with Crippen LogP contribution in [-0.2, 0) is 0 Å². The zero-order valence-corrected chi connectivity index (χ0v) is 15.9. The van der Waals surface area contributed by atoms with E-state index in [1.54, 1.807) is 0 Å². The highest BCUT2D eigenvalue weighted by atomic mass is 32.1. The molecule has 0 aliphatic carbocycles. The van der Waals surface area contributed by atoms with E-state index < -0.39 is 0 Å². The minimum Gasteiger partial charge on any atom is -0.306 e. The lowest BCUT2D eigenvalue weighted by molar-refractivity contribution is 0.867. The number of fused-ring (bicyclic) bond motifs is 1. The van der Waals surface area contributed by atoms with Gasteiger partial charge in [-0.3, -0.25) is 4.79 Å². The summed E-state index contributed by atoms with van der Waals surface area (Å²) in [6.07, 6.45) is 0. The van der Waals surface area contributed by atoms with Gasteiger partial charge in [-0.25, -0.2) is 4.98 Å². The second-order valence-electron chi connectivity index (χ2n) is 6.89. The summed E-state index contributed by atoms with van der Waals surface area (Å²) < 4.78 is 0. The van der Waals surface area contributed by atoms with Crippen LogP contribution < -0.4 is 5.56 Å². The van der Waals surface area contributed by atoms with Gasteiger partial charge in [0.05, 0.1) is 5.39 Å². The molecule has 130 valence electrons. The van der Waals surface area contributed by atoms with Gasteiger partial charge in [0.1, 0.15) is 10.7 Å². The lowest BCUT2D eigenvalue weighted by atomic mass is 9.99. The van der Waals surface area contributed by atoms with Crippen molar-refractivity contribution in [1.82, 2.24) is 9.97 Å². The number of thiophene rings is 1. The van der Waals surface area contributed by atoms with Gasteiger partial charge in [0.25, 0.3) is 5.56 Å². The summed E-state index contributed by atoms with van der Waals surface area (Å²) in [4.78, 5) is 21.2. The molecular weight excluding hydrogens is 340 g/mol. The molecule has 26 heavy (non-hydrogen) atoms. The minimum atomic E-state index is -0.0873. The van der Waals surface area contributed by atoms with Gasteiger partial charge in [-0.1, -0.05) is 61.9 Å². The number of nitrogens with zero attached hydrogens (tertiary/aromatic N) is 1. The van der Waals surface area contributed by atoms with Crippen LogP contribution in [0.3, 0.4) is 0 Å². The van der Waals surface area contributed by atoms with E-state index in [0.717, 1.165) is 27.1 Å². The van der Waals surface area contributed by atoms with Crippen molar-refractivity contribution in [2.24, 2.45) is 0 Å². The first-order valence-corrected chi connectivity index (χ1v) is 9.60. The Balaban J connectivity index is 1.83. The highest BCUT2D eigenvalue weighted by Gasteiger charge is 2.14. The van der Waals surface area contributed by atoms with Gasteiger partial charge < -0.3 is 4.98 Å². The number of nitrogens with one attached hydrogen (secondary N) is 1. The van der Waals surface area contributed by atoms with Crippen LogP contribution in [0.2, 0.25) is 0 Å². The van der Waals surface area contributed by atoms with Crippen molar-refractivity contribution in [2.45, 2.75) is 26.7 Å². The Bertz CT molecular complexity index is 1140. The first-order chi connectivity index (χ1) is 12.5. The molecule has 2 aromatic heterocycles. The Morgan fingerprint density at radius 1 is 1.04 bits per heavy atom. The highest BCUT2D eigenvalue weighted by Crippen LogP contribution is 2.32. The number of aryl methyl sites for hydroxylation is 1. The number of hydrogen-bond acceptors (Lipinski definition) is 3. The van der Waals surface area contributed by atoms with Gasteiger partial charge in [-0.2, -0.15) is 0 Å². The quantitative estimate of drug-likeness (QED) is 0.505. The zero-order chi connectivity index (χ0) is 18.3. The maximum Gasteiger partial charge on any atom is 0.260 e. The second-order valence-corrected chi connectivity index (χ2v) is 7.75. The van der Waals surface area contributed by atoms with E-state index in [1.807, 2.05) is 36.6 Å². The topological polar surface area (TPSA) is 45.8 Å². The molecule has 0 bridgehead atoms. The van der Waals surface area contributed by atoms with E-state index in [9.17, 15) is 4.79 Å². The normalized spacial score (nSPS) is 11.4. The number of aromatic nitrogens is 2. The largest absolute Gasteiger partial charge is 0.306 e. The molecule has 0 amide bonds. The first-order valence-electron chi connectivity index (χ1n) is 8.72. The van der Waals surface area contributed by atoms with Crippen molar-refractivity contribution >= 4 is 21.6 Å². The second kappa shape index (κ2) is 6.54. The third-order valence-electron chi connectivity index (χ3n) is 4.62. The van der Waals surface area contributed by atoms with Crippen LogP contribution in [0.15, 0.2) is 58.7 Å². The molecule has 0 fully saturated rings. The Kier molecular flexibility index (Phi) is 4.21. The molecule has 0 radical (unpaired) electrons. The fourth-order valence-corrected chi connectivity index (χ4v) is 4.09. The van der Waals surface area contributed by atoms with Crippen LogP contribution in [0.4, 0.5) is 0 Å². The van der Waals surface area contributed by atoms with Crippen LogP contribution >= 0.6 is 11.3 Å². The summed E-state index contributed by atoms with van der Waals surface area (Å²) in [5.74, 6) is 1.11. The van der Waals surface area contributed by atoms with Gasteiger partial charge in [-0.15, -0.1) is 11.3 Å². The molecule has 2 aromatic carbocycles. The van der Waals surface area contributed by atoms with Crippen molar-refractivity contribution in [3.8, 4) is 22.5 Å². The number of rotatable bonds is 3. The van der Waals surface area contributed by atoms with Crippen molar-refractivity contribution in [2.75, 3.05) is 0 Å². The molecule has 0 saturated carbocycles. The predicted molar refractivity (Wildman–Crippen MR) is 110 cm³/mol. The number of H-pyrrole nitrogens is 1. The van der Waals surface area contributed by atoms with Crippen LogP contribution in [0.5, 0.6) is 0 Å². The smallest absolute Gasteiger partial charge is 0.260 e. The minimum absolute atomic E-state index is 0.0873. The Hall–Kier alpha value is -2.72. The molecular formula is C22H20N2OS. The fraction of sp³-hybridized carbons (Fsp3) is 0.182. The van der Waals surface area contributed by atoms with E-state index >= 15 is 0 Å². The molecule has 0 aliphatic rings. The maximum atomic E-state index is 12.8. The highest BCUT2D eigenvalue weighted by molar-refractivity contribution is 7.17. The van der Waals surface area contributed by atoms with Crippen molar-refractivity contribution in [3.63, 3.8) is 0 Å². The van der Waals surface area contributed by atoms with Gasteiger partial charge in [0, 0.05) is 16.5 Å². The molecule has 3 nitrogen and oxygen atoms in total. The van der Waals surface area contributed by atoms with Gasteiger partial charge in [0.15, 0.2) is 0 Å². The van der Waals surface area contributed by atoms with E-state index in [-0.39, 0.29) is 5.56 Å². The van der Waals surface area contributed by atoms with E-state index in [0.29, 0.717) is 17.1 Å². The summed E-state index contributed by atoms with van der Waals surface area (Å²) in [5, 5.41) is 2.70. The maximum absolute atomic E-state index is 12.8. The average molecular weight is 360 g/mol. The fourth-order valence-electron chi connectivity index (χ4n) is 3.14. The van der Waals surface area contributed by atoms with Crippen LogP contribution in [0, 0.1) is 6.92 Å². The number of aromatic amines is 1. The first kappa shape index (κ1) is 16.7. The van der Waals surface area contributed by atoms with E-state index in [1.165, 1.54) is 16.9 Å². The third kappa shape index (κ3) is 2.97. The van der Waals surface area contributed by atoms with Crippen LogP contribution in [0.1, 0.15) is 30.9 Å². The Labute approximate surface area is 156 Å². The van der Waals surface area contributed by atoms with Gasteiger partial charge in [-0.05, 0) is 30.0 Å². The summed E-state index contributed by atoms with van der Waals surface area (Å²) >= 11 is 1.52. The zero-order valence-electron chi connectivity index (χ0n) is 15.0. The van der Waals surface area contributed by atoms with E-state index in [4.69, 9.17) is 4.98 Å². The lowest BCUT2D eigenvalue weighted by Gasteiger charge is -2.06. The monoisotopic (exact) mass is 360 g/mol. The van der Waals surface area contributed by atoms with Crippen molar-refractivity contribution in [1.29, 1.82) is 0 Å². The molecule has 4 rings (SSSR count). The molecule has 1 N–H and O–H groups in total. The van der Waals surface area contributed by atoms with E-state index in [2.05, 4.69) is 43.1 Å². The van der Waals surface area contributed by atoms with Crippen LogP contribution in [0.25, 0.3) is 32.7 Å². The third-order valence-corrected chi connectivity index (χ3v) is 5.50. The average Bonchev–Trinajstić information content (AvgIpc) is 3.06. The standard InChI is InChI=1S/C22H20N2OS/c1-13(2)15-7-9-16(10-8-15)18-12-26-22-19(18)21(25)23-20(24-22)17-6-4-5-14(3)11-17/h4-13H,1-3H3,(H,23,24,25). The lowest BCUT2D eigenvalue weighted by Crippen LogP contribution is -2.09. The summed E-state index contributed by atoms with van der Waals surface area (Å²) in [6.45, 7) is 6.39. The van der Waals surface area contributed by atoms with Gasteiger partial charge in [0.2, 0.25) is 0 Å². The molecule has 0 spiro atoms. The predicted octanol–water partition coefficient (Wildman–Crippen LogP) is 5.75. The Morgan fingerprint density at radius 3 is 2.50 bits per heavy atom. The molecule has 4 heteroatoms. The number of hydrogen-bond donors (Lipinski definition) is 1. The van der Waals surface area contributed by atoms with Gasteiger partial charge >= 0.3 is 0 Å². The molecule has 0 aliphatic heterocycles. The summed E-state index contributed by atoms with van der Waals surface area (Å²) in [5.41, 5.74) is 5.28. The molecule has 0 atom stereocenters. The summed E-state index contributed by atoms with van der Waals surface area (Å²) in [6, 6.07) is 16.4. The molecule has 0 saturated heterocycles. The molecule has 2 heterocycles. The summed E-state index contributed by atoms with van der Waals surface area (Å²) in [7, 11) is 0. The van der Waals surface area contributed by atoms with Crippen molar-refractivity contribution < 1.29 is 0 Å². The Morgan fingerprint density at radius 2 is 1.81 bits per heavy atom. The SMILES string of the molecule is Cc1cccc(-c2nc3scc(-c4ccc(C(C)C)cc4)c3c(=O)[nH]2)c1. The molecule has 4 aromatic rings. The molecule has 0 unspecified atom stereocenters. The van der Waals surface area contributed by atoms with Crippen LogP contribution in [-0.4, -0.2) is 9.97 Å². The number of benzene rings is 2. The van der Waals surface area contributed by atoms with Crippen molar-refractivity contribution in [3.05, 3.63) is 75.4 Å².